The number of hydrogen-bond donors (Lipinski definition) is 2. The average Bonchev–Trinajstić information content (AvgIpc) is 2.49. The van der Waals surface area contributed by atoms with Gasteiger partial charge in [0.2, 0.25) is 0 Å². The van der Waals surface area contributed by atoms with Crippen LogP contribution >= 0.6 is 0 Å². The van der Waals surface area contributed by atoms with Gasteiger partial charge in [0.1, 0.15) is 11.6 Å². The van der Waals surface area contributed by atoms with Crippen LogP contribution in [0, 0.1) is 5.82 Å². The van der Waals surface area contributed by atoms with E-state index in [2.05, 4.69) is 10.6 Å². The standard InChI is InChI=1S/C15H11FN2O3/c16-10-2-4-11(5-3-10)17-15(20)9-1-6-12-13(7-9)21-8-14(19)18-12/h1-7H,8H2,(H,17,20)(H,18,19). The first-order valence-corrected chi connectivity index (χ1v) is 6.25. The highest BCUT2D eigenvalue weighted by atomic mass is 19.1. The van der Waals surface area contributed by atoms with Crippen LogP contribution in [0.2, 0.25) is 0 Å². The Hall–Kier alpha value is -2.89. The number of nitrogens with one attached hydrogen (secondary N) is 2. The van der Waals surface area contributed by atoms with Gasteiger partial charge in [-0.3, -0.25) is 9.59 Å². The smallest absolute Gasteiger partial charge is 0.262 e. The van der Waals surface area contributed by atoms with E-state index in [1.165, 1.54) is 24.3 Å². The quantitative estimate of drug-likeness (QED) is 0.891. The van der Waals surface area contributed by atoms with Crippen molar-refractivity contribution in [3.63, 3.8) is 0 Å². The Morgan fingerprint density at radius 3 is 2.71 bits per heavy atom. The molecule has 2 N–H and O–H groups in total. The lowest BCUT2D eigenvalue weighted by molar-refractivity contribution is -0.118. The molecule has 0 fully saturated rings. The fraction of sp³-hybridized carbons (Fsp3) is 0.0667. The van der Waals surface area contributed by atoms with Crippen LogP contribution < -0.4 is 15.4 Å². The van der Waals surface area contributed by atoms with E-state index in [9.17, 15) is 14.0 Å². The fourth-order valence-corrected chi connectivity index (χ4v) is 1.95. The van der Waals surface area contributed by atoms with Crippen molar-refractivity contribution in [2.45, 2.75) is 0 Å². The van der Waals surface area contributed by atoms with Gasteiger partial charge in [-0.25, -0.2) is 4.39 Å². The Morgan fingerprint density at radius 1 is 1.19 bits per heavy atom. The number of anilines is 2. The molecular formula is C15H11FN2O3. The van der Waals surface area contributed by atoms with Gasteiger partial charge >= 0.3 is 0 Å². The second kappa shape index (κ2) is 5.24. The molecule has 0 saturated carbocycles. The summed E-state index contributed by atoms with van der Waals surface area (Å²) in [6, 6.07) is 10.2. The number of fused-ring (bicyclic) bond motifs is 1. The highest BCUT2D eigenvalue weighted by Crippen LogP contribution is 2.28. The molecular weight excluding hydrogens is 275 g/mol. The van der Waals surface area contributed by atoms with E-state index in [-0.39, 0.29) is 24.2 Å². The van der Waals surface area contributed by atoms with Crippen LogP contribution in [0.1, 0.15) is 10.4 Å². The van der Waals surface area contributed by atoms with Crippen LogP contribution in [0.25, 0.3) is 0 Å². The summed E-state index contributed by atoms with van der Waals surface area (Å²) in [5.41, 5.74) is 1.41. The van der Waals surface area contributed by atoms with E-state index >= 15 is 0 Å². The van der Waals surface area contributed by atoms with Gasteiger partial charge in [0, 0.05) is 11.3 Å². The zero-order valence-corrected chi connectivity index (χ0v) is 10.9. The van der Waals surface area contributed by atoms with Crippen LogP contribution in [-0.2, 0) is 4.79 Å². The molecule has 106 valence electrons. The van der Waals surface area contributed by atoms with Crippen LogP contribution in [0.3, 0.4) is 0 Å². The van der Waals surface area contributed by atoms with Crippen molar-refractivity contribution in [2.24, 2.45) is 0 Å². The molecule has 0 atom stereocenters. The van der Waals surface area contributed by atoms with Gasteiger partial charge < -0.3 is 15.4 Å². The molecule has 2 aromatic rings. The minimum Gasteiger partial charge on any atom is -0.482 e. The summed E-state index contributed by atoms with van der Waals surface area (Å²) in [6.07, 6.45) is 0. The fourth-order valence-electron chi connectivity index (χ4n) is 1.95. The lowest BCUT2D eigenvalue weighted by Crippen LogP contribution is -2.25. The van der Waals surface area contributed by atoms with Gasteiger partial charge in [-0.2, -0.15) is 0 Å². The van der Waals surface area contributed by atoms with E-state index in [1.54, 1.807) is 18.2 Å². The Morgan fingerprint density at radius 2 is 1.95 bits per heavy atom. The summed E-state index contributed by atoms with van der Waals surface area (Å²) in [4.78, 5) is 23.3. The number of carbonyl (C=O) groups is 2. The van der Waals surface area contributed by atoms with Gasteiger partial charge in [-0.1, -0.05) is 0 Å². The van der Waals surface area contributed by atoms with E-state index in [1.807, 2.05) is 0 Å². The number of halogens is 1. The number of benzene rings is 2. The normalized spacial score (nSPS) is 12.9. The monoisotopic (exact) mass is 286 g/mol. The molecule has 0 aliphatic carbocycles. The van der Waals surface area contributed by atoms with Gasteiger partial charge in [0.25, 0.3) is 11.8 Å². The number of carbonyl (C=O) groups excluding carboxylic acids is 2. The van der Waals surface area contributed by atoms with Crippen molar-refractivity contribution in [1.29, 1.82) is 0 Å². The first-order chi connectivity index (χ1) is 10.1. The molecule has 2 aromatic carbocycles. The van der Waals surface area contributed by atoms with Crippen molar-refractivity contribution >= 4 is 23.2 Å². The largest absolute Gasteiger partial charge is 0.482 e. The zero-order chi connectivity index (χ0) is 14.8. The summed E-state index contributed by atoms with van der Waals surface area (Å²) >= 11 is 0. The van der Waals surface area contributed by atoms with E-state index in [4.69, 9.17) is 4.74 Å². The van der Waals surface area contributed by atoms with Gasteiger partial charge in [0.05, 0.1) is 5.69 Å². The second-order valence-electron chi connectivity index (χ2n) is 4.51. The summed E-state index contributed by atoms with van der Waals surface area (Å²) in [6.45, 7) is -0.0734. The zero-order valence-electron chi connectivity index (χ0n) is 10.9. The number of ether oxygens (including phenoxy) is 1. The molecule has 0 spiro atoms. The Balaban J connectivity index is 1.79. The van der Waals surface area contributed by atoms with E-state index in [0.717, 1.165) is 0 Å². The minimum atomic E-state index is -0.370. The number of amides is 2. The molecule has 0 bridgehead atoms. The SMILES string of the molecule is O=C1COc2cc(C(=O)Nc3ccc(F)cc3)ccc2N1. The van der Waals surface area contributed by atoms with Crippen LogP contribution in [0.5, 0.6) is 5.75 Å². The van der Waals surface area contributed by atoms with Crippen LogP contribution in [-0.4, -0.2) is 18.4 Å². The lowest BCUT2D eigenvalue weighted by Gasteiger charge is -2.18. The van der Waals surface area contributed by atoms with Crippen LogP contribution in [0.4, 0.5) is 15.8 Å². The molecule has 0 saturated heterocycles. The maximum absolute atomic E-state index is 12.8. The molecule has 1 aliphatic heterocycles. The molecule has 1 heterocycles. The maximum atomic E-state index is 12.8. The third-order valence-electron chi connectivity index (χ3n) is 2.98. The third kappa shape index (κ3) is 2.84. The predicted molar refractivity (Wildman–Crippen MR) is 74.9 cm³/mol. The summed E-state index contributed by atoms with van der Waals surface area (Å²) < 4.78 is 18.1. The Bertz CT molecular complexity index is 713. The number of hydrogen-bond acceptors (Lipinski definition) is 3. The first-order valence-electron chi connectivity index (χ1n) is 6.25. The molecule has 0 aromatic heterocycles. The first kappa shape index (κ1) is 13.1. The van der Waals surface area contributed by atoms with Crippen molar-refractivity contribution < 1.29 is 18.7 Å². The molecule has 1 aliphatic rings. The van der Waals surface area contributed by atoms with Crippen LogP contribution in [0.15, 0.2) is 42.5 Å². The maximum Gasteiger partial charge on any atom is 0.262 e. The molecule has 3 rings (SSSR count). The number of rotatable bonds is 2. The molecule has 0 radical (unpaired) electrons. The average molecular weight is 286 g/mol. The third-order valence-corrected chi connectivity index (χ3v) is 2.98. The van der Waals surface area contributed by atoms with Crippen molar-refractivity contribution in [3.8, 4) is 5.75 Å². The highest BCUT2D eigenvalue weighted by Gasteiger charge is 2.17. The second-order valence-corrected chi connectivity index (χ2v) is 4.51. The molecule has 5 nitrogen and oxygen atoms in total. The Kier molecular flexibility index (Phi) is 3.27. The summed E-state index contributed by atoms with van der Waals surface area (Å²) in [7, 11) is 0. The van der Waals surface area contributed by atoms with Gasteiger partial charge in [-0.05, 0) is 42.5 Å². The summed E-state index contributed by atoms with van der Waals surface area (Å²) in [5, 5.41) is 5.30. The van der Waals surface area contributed by atoms with Crippen molar-refractivity contribution in [3.05, 3.63) is 53.8 Å². The highest BCUT2D eigenvalue weighted by molar-refractivity contribution is 6.05. The topological polar surface area (TPSA) is 67.4 Å². The van der Waals surface area contributed by atoms with Crippen molar-refractivity contribution in [1.82, 2.24) is 0 Å². The van der Waals surface area contributed by atoms with Gasteiger partial charge in [0.15, 0.2) is 6.61 Å². The predicted octanol–water partition coefficient (Wildman–Crippen LogP) is 2.41. The lowest BCUT2D eigenvalue weighted by atomic mass is 10.1. The molecule has 0 unspecified atom stereocenters. The molecule has 21 heavy (non-hydrogen) atoms. The van der Waals surface area contributed by atoms with E-state index < -0.39 is 0 Å². The molecule has 6 heteroatoms. The molecule has 2 amide bonds. The Labute approximate surface area is 119 Å². The summed E-state index contributed by atoms with van der Waals surface area (Å²) in [5.74, 6) is -0.497. The van der Waals surface area contributed by atoms with Crippen molar-refractivity contribution in [2.75, 3.05) is 17.2 Å². The van der Waals surface area contributed by atoms with E-state index in [0.29, 0.717) is 22.7 Å². The minimum absolute atomic E-state index is 0.0734. The van der Waals surface area contributed by atoms with Gasteiger partial charge in [-0.15, -0.1) is 0 Å².